The van der Waals surface area contributed by atoms with Crippen LogP contribution in [0.4, 0.5) is 5.69 Å². The Balaban J connectivity index is 1.43. The van der Waals surface area contributed by atoms with E-state index in [1.54, 1.807) is 6.92 Å². The first kappa shape index (κ1) is 16.6. The summed E-state index contributed by atoms with van der Waals surface area (Å²) in [5.41, 5.74) is 2.41. The molecule has 0 radical (unpaired) electrons. The average molecular weight is 351 g/mol. The van der Waals surface area contributed by atoms with Gasteiger partial charge in [0.1, 0.15) is 11.2 Å². The van der Waals surface area contributed by atoms with Gasteiger partial charge in [0.25, 0.3) is 0 Å². The molecule has 2 aromatic carbocycles. The Morgan fingerprint density at radius 1 is 1.00 bits per heavy atom. The predicted octanol–water partition coefficient (Wildman–Crippen LogP) is 2.69. The molecular weight excluding hydrogens is 330 g/mol. The molecule has 26 heavy (non-hydrogen) atoms. The van der Waals surface area contributed by atoms with Crippen molar-refractivity contribution in [2.45, 2.75) is 6.92 Å². The fourth-order valence-corrected chi connectivity index (χ4v) is 3.43. The number of piperazine rings is 1. The van der Waals surface area contributed by atoms with Gasteiger partial charge in [-0.2, -0.15) is 0 Å². The number of rotatable bonds is 3. The number of amides is 2. The van der Waals surface area contributed by atoms with Gasteiger partial charge in [0.05, 0.1) is 6.54 Å². The number of carbonyl (C=O) groups excluding carboxylic acids is 2. The molecule has 0 atom stereocenters. The van der Waals surface area contributed by atoms with E-state index in [-0.39, 0.29) is 11.8 Å². The fraction of sp³-hybridized carbons (Fsp3) is 0.300. The van der Waals surface area contributed by atoms with E-state index >= 15 is 0 Å². The lowest BCUT2D eigenvalue weighted by molar-refractivity contribution is -0.130. The molecule has 0 bridgehead atoms. The summed E-state index contributed by atoms with van der Waals surface area (Å²) in [6.07, 6.45) is 0. The van der Waals surface area contributed by atoms with Crippen molar-refractivity contribution in [3.63, 3.8) is 0 Å². The summed E-state index contributed by atoms with van der Waals surface area (Å²) in [6.45, 7) is 4.70. The fourth-order valence-electron chi connectivity index (χ4n) is 3.43. The molecule has 1 aromatic heterocycles. The van der Waals surface area contributed by atoms with Gasteiger partial charge in [-0.25, -0.2) is 0 Å². The Morgan fingerprint density at radius 2 is 1.73 bits per heavy atom. The minimum absolute atomic E-state index is 0.0478. The van der Waals surface area contributed by atoms with E-state index in [1.807, 2.05) is 47.4 Å². The number of carbonyl (C=O) groups is 2. The third kappa shape index (κ3) is 3.28. The van der Waals surface area contributed by atoms with Crippen molar-refractivity contribution in [3.05, 3.63) is 42.5 Å². The monoisotopic (exact) mass is 351 g/mol. The number of nitrogens with zero attached hydrogens (tertiary/aromatic N) is 2. The molecule has 0 aliphatic carbocycles. The molecule has 0 unspecified atom stereocenters. The Hall–Kier alpha value is -2.86. The molecule has 0 spiro atoms. The zero-order chi connectivity index (χ0) is 18.1. The Morgan fingerprint density at radius 3 is 2.50 bits per heavy atom. The van der Waals surface area contributed by atoms with Crippen molar-refractivity contribution < 1.29 is 14.0 Å². The van der Waals surface area contributed by atoms with Gasteiger partial charge in [-0.1, -0.05) is 18.2 Å². The zero-order valence-electron chi connectivity index (χ0n) is 14.7. The van der Waals surface area contributed by atoms with Crippen molar-refractivity contribution in [3.8, 4) is 0 Å². The second-order valence-corrected chi connectivity index (χ2v) is 6.64. The molecule has 2 amide bonds. The van der Waals surface area contributed by atoms with Gasteiger partial charge in [-0.15, -0.1) is 0 Å². The number of hydrogen-bond donors (Lipinski definition) is 1. The van der Waals surface area contributed by atoms with E-state index in [0.29, 0.717) is 19.6 Å². The highest BCUT2D eigenvalue weighted by Gasteiger charge is 2.20. The molecule has 1 aliphatic heterocycles. The van der Waals surface area contributed by atoms with Crippen molar-refractivity contribution >= 4 is 39.4 Å². The summed E-state index contributed by atoms with van der Waals surface area (Å²) in [4.78, 5) is 27.6. The number of hydrogen-bond acceptors (Lipinski definition) is 4. The van der Waals surface area contributed by atoms with Crippen LogP contribution in [0.1, 0.15) is 6.92 Å². The van der Waals surface area contributed by atoms with Gasteiger partial charge < -0.3 is 14.6 Å². The minimum atomic E-state index is -0.0478. The van der Waals surface area contributed by atoms with Crippen LogP contribution in [0.2, 0.25) is 0 Å². The van der Waals surface area contributed by atoms with Crippen LogP contribution in [0.5, 0.6) is 0 Å². The molecule has 4 rings (SSSR count). The number of anilines is 1. The highest BCUT2D eigenvalue weighted by atomic mass is 16.3. The summed E-state index contributed by atoms with van der Waals surface area (Å²) in [7, 11) is 0. The van der Waals surface area contributed by atoms with E-state index in [0.717, 1.165) is 40.7 Å². The normalized spacial score (nSPS) is 15.5. The smallest absolute Gasteiger partial charge is 0.238 e. The van der Waals surface area contributed by atoms with Crippen LogP contribution in [0.15, 0.2) is 46.9 Å². The van der Waals surface area contributed by atoms with Gasteiger partial charge in [-0.05, 0) is 24.3 Å². The number of para-hydroxylation sites is 1. The third-order valence-electron chi connectivity index (χ3n) is 4.85. The number of fused-ring (bicyclic) bond motifs is 3. The van der Waals surface area contributed by atoms with Crippen LogP contribution in [-0.4, -0.2) is 54.3 Å². The average Bonchev–Trinajstić information content (AvgIpc) is 3.00. The number of nitrogens with one attached hydrogen (secondary N) is 1. The van der Waals surface area contributed by atoms with Gasteiger partial charge in [0.15, 0.2) is 0 Å². The van der Waals surface area contributed by atoms with Crippen LogP contribution >= 0.6 is 0 Å². The first-order chi connectivity index (χ1) is 12.6. The van der Waals surface area contributed by atoms with E-state index in [2.05, 4.69) is 10.2 Å². The molecule has 0 saturated carbocycles. The van der Waals surface area contributed by atoms with Crippen molar-refractivity contribution in [1.82, 2.24) is 9.80 Å². The van der Waals surface area contributed by atoms with Crippen molar-refractivity contribution in [2.75, 3.05) is 38.0 Å². The van der Waals surface area contributed by atoms with E-state index < -0.39 is 0 Å². The van der Waals surface area contributed by atoms with E-state index in [4.69, 9.17) is 4.42 Å². The molecule has 6 heteroatoms. The topological polar surface area (TPSA) is 65.8 Å². The Labute approximate surface area is 151 Å². The number of benzene rings is 2. The standard InChI is InChI=1S/C20H21N3O3/c1-14(24)23-10-8-22(9-11-23)13-20(25)21-15-6-7-19-17(12-15)16-4-2-3-5-18(16)26-19/h2-7,12H,8-11,13H2,1H3,(H,21,25). The molecule has 1 saturated heterocycles. The van der Waals surface area contributed by atoms with Crippen molar-refractivity contribution in [1.29, 1.82) is 0 Å². The van der Waals surface area contributed by atoms with Gasteiger partial charge in [0, 0.05) is 49.6 Å². The lowest BCUT2D eigenvalue weighted by atomic mass is 10.1. The summed E-state index contributed by atoms with van der Waals surface area (Å²) >= 11 is 0. The van der Waals surface area contributed by atoms with Crippen LogP contribution < -0.4 is 5.32 Å². The molecule has 3 aromatic rings. The van der Waals surface area contributed by atoms with Gasteiger partial charge in [-0.3, -0.25) is 14.5 Å². The third-order valence-corrected chi connectivity index (χ3v) is 4.85. The Kier molecular flexibility index (Phi) is 4.34. The van der Waals surface area contributed by atoms with E-state index in [1.165, 1.54) is 0 Å². The van der Waals surface area contributed by atoms with E-state index in [9.17, 15) is 9.59 Å². The SMILES string of the molecule is CC(=O)N1CCN(CC(=O)Nc2ccc3oc4ccccc4c3c2)CC1. The second kappa shape index (κ2) is 6.80. The summed E-state index contributed by atoms with van der Waals surface area (Å²) in [5, 5.41) is 5.00. The molecule has 1 aliphatic rings. The highest BCUT2D eigenvalue weighted by Crippen LogP contribution is 2.30. The summed E-state index contributed by atoms with van der Waals surface area (Å²) in [5.74, 6) is 0.0446. The minimum Gasteiger partial charge on any atom is -0.456 e. The van der Waals surface area contributed by atoms with Crippen LogP contribution in [0.3, 0.4) is 0 Å². The quantitative estimate of drug-likeness (QED) is 0.788. The van der Waals surface area contributed by atoms with Crippen LogP contribution in [0, 0.1) is 0 Å². The molecule has 134 valence electrons. The maximum absolute atomic E-state index is 12.4. The Bertz CT molecular complexity index is 971. The first-order valence-corrected chi connectivity index (χ1v) is 8.79. The molecular formula is C20H21N3O3. The number of furan rings is 1. The molecule has 6 nitrogen and oxygen atoms in total. The molecule has 1 N–H and O–H groups in total. The maximum Gasteiger partial charge on any atom is 0.238 e. The van der Waals surface area contributed by atoms with Gasteiger partial charge in [0.2, 0.25) is 11.8 Å². The molecule has 2 heterocycles. The summed E-state index contributed by atoms with van der Waals surface area (Å²) in [6, 6.07) is 13.6. The highest BCUT2D eigenvalue weighted by molar-refractivity contribution is 6.07. The van der Waals surface area contributed by atoms with Gasteiger partial charge >= 0.3 is 0 Å². The predicted molar refractivity (Wildman–Crippen MR) is 101 cm³/mol. The first-order valence-electron chi connectivity index (χ1n) is 8.79. The van der Waals surface area contributed by atoms with Crippen LogP contribution in [-0.2, 0) is 9.59 Å². The summed E-state index contributed by atoms with van der Waals surface area (Å²) < 4.78 is 5.81. The zero-order valence-corrected chi connectivity index (χ0v) is 14.7. The second-order valence-electron chi connectivity index (χ2n) is 6.64. The largest absolute Gasteiger partial charge is 0.456 e. The van der Waals surface area contributed by atoms with Crippen molar-refractivity contribution in [2.24, 2.45) is 0 Å². The lowest BCUT2D eigenvalue weighted by Gasteiger charge is -2.33. The van der Waals surface area contributed by atoms with Crippen LogP contribution in [0.25, 0.3) is 21.9 Å². The maximum atomic E-state index is 12.4. The lowest BCUT2D eigenvalue weighted by Crippen LogP contribution is -2.49. The molecule has 1 fully saturated rings.